The molecule has 1 aromatic heterocycles. The lowest BCUT2D eigenvalue weighted by molar-refractivity contribution is -0.137. The van der Waals surface area contributed by atoms with Crippen LogP contribution in [-0.4, -0.2) is 16.6 Å². The van der Waals surface area contributed by atoms with Crippen molar-refractivity contribution in [2.45, 2.75) is 32.4 Å². The first-order valence-electron chi connectivity index (χ1n) is 10.1. The van der Waals surface area contributed by atoms with Crippen molar-refractivity contribution in [3.8, 4) is 11.8 Å². The standard InChI is InChI=1S/C23H22F3N5O/c1-2-3-4-13-32-19-11-9-17(10-12-19)29-21-20(23(24,25)26)15-28-22(31-21)30-18-7-5-16(14-27)6-8-18/h5-12,15H,2-4,13H2,1H3,(H2,28,29,30,31). The topological polar surface area (TPSA) is 82.9 Å². The number of hydrogen-bond donors (Lipinski definition) is 2. The maximum absolute atomic E-state index is 13.5. The van der Waals surface area contributed by atoms with Gasteiger partial charge in [-0.3, -0.25) is 0 Å². The zero-order chi connectivity index (χ0) is 23.0. The van der Waals surface area contributed by atoms with E-state index in [0.717, 1.165) is 25.5 Å². The number of nitriles is 1. The number of nitrogens with one attached hydrogen (secondary N) is 2. The summed E-state index contributed by atoms with van der Waals surface area (Å²) in [4.78, 5) is 7.80. The zero-order valence-corrected chi connectivity index (χ0v) is 17.4. The highest BCUT2D eigenvalue weighted by atomic mass is 19.4. The van der Waals surface area contributed by atoms with Crippen LogP contribution in [0.2, 0.25) is 0 Å². The molecule has 0 fully saturated rings. The second-order valence-corrected chi connectivity index (χ2v) is 6.97. The Bertz CT molecular complexity index is 1060. The number of rotatable bonds is 9. The molecule has 1 heterocycles. The van der Waals surface area contributed by atoms with E-state index in [2.05, 4.69) is 27.5 Å². The van der Waals surface area contributed by atoms with Crippen LogP contribution in [0.5, 0.6) is 5.75 Å². The van der Waals surface area contributed by atoms with Gasteiger partial charge in [0.25, 0.3) is 0 Å². The molecule has 0 saturated carbocycles. The molecule has 0 aliphatic heterocycles. The Kier molecular flexibility index (Phi) is 7.49. The third-order valence-electron chi connectivity index (χ3n) is 4.50. The minimum Gasteiger partial charge on any atom is -0.494 e. The molecule has 0 spiro atoms. The zero-order valence-electron chi connectivity index (χ0n) is 17.4. The van der Waals surface area contributed by atoms with Gasteiger partial charge >= 0.3 is 6.18 Å². The molecule has 6 nitrogen and oxygen atoms in total. The van der Waals surface area contributed by atoms with E-state index in [4.69, 9.17) is 10.00 Å². The van der Waals surface area contributed by atoms with E-state index in [0.29, 0.717) is 29.3 Å². The number of ether oxygens (including phenoxy) is 1. The van der Waals surface area contributed by atoms with Crippen LogP contribution < -0.4 is 15.4 Å². The summed E-state index contributed by atoms with van der Waals surface area (Å²) in [7, 11) is 0. The molecule has 0 saturated heterocycles. The highest BCUT2D eigenvalue weighted by Crippen LogP contribution is 2.35. The fourth-order valence-corrected chi connectivity index (χ4v) is 2.82. The molecule has 0 unspecified atom stereocenters. The summed E-state index contributed by atoms with van der Waals surface area (Å²) in [5.41, 5.74) is 0.450. The van der Waals surface area contributed by atoms with Crippen molar-refractivity contribution in [1.82, 2.24) is 9.97 Å². The molecule has 2 aromatic carbocycles. The number of nitrogens with zero attached hydrogens (tertiary/aromatic N) is 3. The van der Waals surface area contributed by atoms with Crippen molar-refractivity contribution < 1.29 is 17.9 Å². The predicted molar refractivity (Wildman–Crippen MR) is 116 cm³/mol. The summed E-state index contributed by atoms with van der Waals surface area (Å²) in [6, 6.07) is 15.0. The minimum atomic E-state index is -4.63. The summed E-state index contributed by atoms with van der Waals surface area (Å²) in [6.07, 6.45) is -0.785. The average Bonchev–Trinajstić information content (AvgIpc) is 2.78. The van der Waals surface area contributed by atoms with Crippen molar-refractivity contribution in [2.24, 2.45) is 0 Å². The SMILES string of the molecule is CCCCCOc1ccc(Nc2nc(Nc3ccc(C#N)cc3)ncc2C(F)(F)F)cc1. The van der Waals surface area contributed by atoms with Crippen LogP contribution in [-0.2, 0) is 6.18 Å². The molecule has 0 amide bonds. The number of unbranched alkanes of at least 4 members (excludes halogenated alkanes) is 2. The normalized spacial score (nSPS) is 11.0. The molecule has 0 aliphatic rings. The summed E-state index contributed by atoms with van der Waals surface area (Å²) >= 11 is 0. The molecule has 0 bridgehead atoms. The van der Waals surface area contributed by atoms with Crippen molar-refractivity contribution in [3.63, 3.8) is 0 Å². The number of aromatic nitrogens is 2. The molecule has 0 aliphatic carbocycles. The van der Waals surface area contributed by atoms with Gasteiger partial charge in [0.15, 0.2) is 0 Å². The van der Waals surface area contributed by atoms with Gasteiger partial charge in [0, 0.05) is 17.6 Å². The predicted octanol–water partition coefficient (Wildman–Crippen LogP) is 6.42. The highest BCUT2D eigenvalue weighted by Gasteiger charge is 2.35. The summed E-state index contributed by atoms with van der Waals surface area (Å²) in [5.74, 6) is 0.259. The van der Waals surface area contributed by atoms with Crippen LogP contribution in [0.4, 0.5) is 36.3 Å². The smallest absolute Gasteiger partial charge is 0.421 e. The first-order valence-corrected chi connectivity index (χ1v) is 10.1. The minimum absolute atomic E-state index is 0.0129. The monoisotopic (exact) mass is 441 g/mol. The van der Waals surface area contributed by atoms with Gasteiger partial charge in [0.2, 0.25) is 5.95 Å². The van der Waals surface area contributed by atoms with E-state index in [1.54, 1.807) is 48.5 Å². The third-order valence-corrected chi connectivity index (χ3v) is 4.50. The Labute approximate surface area is 184 Å². The van der Waals surface area contributed by atoms with Crippen LogP contribution in [0, 0.1) is 11.3 Å². The van der Waals surface area contributed by atoms with Crippen molar-refractivity contribution in [3.05, 3.63) is 65.9 Å². The van der Waals surface area contributed by atoms with Gasteiger partial charge in [-0.2, -0.15) is 23.4 Å². The maximum atomic E-state index is 13.5. The van der Waals surface area contributed by atoms with E-state index < -0.39 is 11.7 Å². The van der Waals surface area contributed by atoms with E-state index in [-0.39, 0.29) is 11.8 Å². The van der Waals surface area contributed by atoms with Crippen molar-refractivity contribution >= 4 is 23.1 Å². The van der Waals surface area contributed by atoms with Crippen LogP contribution in [0.3, 0.4) is 0 Å². The lowest BCUT2D eigenvalue weighted by Gasteiger charge is -2.15. The van der Waals surface area contributed by atoms with Gasteiger partial charge in [-0.15, -0.1) is 0 Å². The summed E-state index contributed by atoms with van der Waals surface area (Å²) in [6.45, 7) is 2.70. The molecular weight excluding hydrogens is 419 g/mol. The molecule has 166 valence electrons. The van der Waals surface area contributed by atoms with Crippen LogP contribution in [0.25, 0.3) is 0 Å². The third kappa shape index (κ3) is 6.35. The number of anilines is 4. The second kappa shape index (κ2) is 10.5. The van der Waals surface area contributed by atoms with Gasteiger partial charge in [0.1, 0.15) is 17.1 Å². The van der Waals surface area contributed by atoms with Crippen LogP contribution in [0.15, 0.2) is 54.7 Å². The Hall–Kier alpha value is -3.80. The fraction of sp³-hybridized carbons (Fsp3) is 0.261. The van der Waals surface area contributed by atoms with Crippen molar-refractivity contribution in [1.29, 1.82) is 5.26 Å². The first kappa shape index (κ1) is 22.9. The molecule has 3 rings (SSSR count). The quantitative estimate of drug-likeness (QED) is 0.373. The van der Waals surface area contributed by atoms with Gasteiger partial charge in [-0.05, 0) is 55.0 Å². The Morgan fingerprint density at radius 3 is 2.25 bits per heavy atom. The van der Waals surface area contributed by atoms with Gasteiger partial charge in [-0.1, -0.05) is 19.8 Å². The molecule has 0 radical (unpaired) electrons. The average molecular weight is 441 g/mol. The highest BCUT2D eigenvalue weighted by molar-refractivity contribution is 5.63. The Morgan fingerprint density at radius 2 is 1.62 bits per heavy atom. The molecule has 3 aromatic rings. The number of alkyl halides is 3. The number of hydrogen-bond acceptors (Lipinski definition) is 6. The van der Waals surface area contributed by atoms with Crippen LogP contribution in [0.1, 0.15) is 37.3 Å². The Morgan fingerprint density at radius 1 is 0.969 bits per heavy atom. The van der Waals surface area contributed by atoms with Gasteiger partial charge in [0.05, 0.1) is 18.2 Å². The number of benzene rings is 2. The molecule has 2 N–H and O–H groups in total. The summed E-state index contributed by atoms with van der Waals surface area (Å²) in [5, 5.41) is 14.4. The lowest BCUT2D eigenvalue weighted by Crippen LogP contribution is -2.12. The van der Waals surface area contributed by atoms with E-state index in [1.807, 2.05) is 6.07 Å². The molecule has 0 atom stereocenters. The van der Waals surface area contributed by atoms with E-state index in [9.17, 15) is 13.2 Å². The van der Waals surface area contributed by atoms with E-state index >= 15 is 0 Å². The second-order valence-electron chi connectivity index (χ2n) is 6.97. The molecule has 32 heavy (non-hydrogen) atoms. The van der Waals surface area contributed by atoms with Gasteiger partial charge < -0.3 is 15.4 Å². The molecular formula is C23H22F3N5O. The van der Waals surface area contributed by atoms with Gasteiger partial charge in [-0.25, -0.2) is 4.98 Å². The van der Waals surface area contributed by atoms with Crippen LogP contribution >= 0.6 is 0 Å². The molecule has 9 heteroatoms. The summed E-state index contributed by atoms with van der Waals surface area (Å²) < 4.78 is 46.0. The Balaban J connectivity index is 1.77. The fourth-order valence-electron chi connectivity index (χ4n) is 2.82. The first-order chi connectivity index (χ1) is 15.4. The maximum Gasteiger partial charge on any atom is 0.421 e. The number of halogens is 3. The lowest BCUT2D eigenvalue weighted by atomic mass is 10.2. The largest absolute Gasteiger partial charge is 0.494 e. The van der Waals surface area contributed by atoms with E-state index in [1.165, 1.54) is 0 Å². The van der Waals surface area contributed by atoms with Crippen molar-refractivity contribution in [2.75, 3.05) is 17.2 Å².